The van der Waals surface area contributed by atoms with Gasteiger partial charge in [0.05, 0.1) is 11.0 Å². The summed E-state index contributed by atoms with van der Waals surface area (Å²) in [5.41, 5.74) is 8.61. The highest BCUT2D eigenvalue weighted by molar-refractivity contribution is 6.17. The second kappa shape index (κ2) is 6.71. The van der Waals surface area contributed by atoms with E-state index >= 15 is 0 Å². The van der Waals surface area contributed by atoms with Crippen molar-refractivity contribution in [2.75, 3.05) is 0 Å². The van der Waals surface area contributed by atoms with Crippen molar-refractivity contribution in [2.24, 2.45) is 5.73 Å². The summed E-state index contributed by atoms with van der Waals surface area (Å²) in [4.78, 5) is 11.9. The summed E-state index contributed by atoms with van der Waals surface area (Å²) in [5.74, 6) is -4.55. The fourth-order valence-electron chi connectivity index (χ4n) is 3.56. The van der Waals surface area contributed by atoms with Gasteiger partial charge in [0.1, 0.15) is 0 Å². The molecule has 4 rings (SSSR count). The third-order valence-electron chi connectivity index (χ3n) is 4.91. The smallest absolute Gasteiger partial charge is 0.249 e. The van der Waals surface area contributed by atoms with E-state index in [4.69, 9.17) is 5.73 Å². The number of aryl methyl sites for hydroxylation is 1. The number of carbonyl (C=O) groups excluding carboxylic acids is 1. The molecule has 0 aliphatic heterocycles. The molecule has 6 heteroatoms. The lowest BCUT2D eigenvalue weighted by Gasteiger charge is -2.10. The quantitative estimate of drug-likeness (QED) is 0.511. The normalized spacial score (nSPS) is 11.4. The van der Waals surface area contributed by atoms with E-state index in [2.05, 4.69) is 6.07 Å². The van der Waals surface area contributed by atoms with Crippen molar-refractivity contribution in [3.05, 3.63) is 82.7 Å². The van der Waals surface area contributed by atoms with Crippen molar-refractivity contribution in [1.82, 2.24) is 4.57 Å². The highest BCUT2D eigenvalue weighted by Crippen LogP contribution is 2.33. The third kappa shape index (κ3) is 2.81. The molecule has 0 unspecified atom stereocenters. The summed E-state index contributed by atoms with van der Waals surface area (Å²) < 4.78 is 42.5. The van der Waals surface area contributed by atoms with Crippen LogP contribution in [0.3, 0.4) is 0 Å². The van der Waals surface area contributed by atoms with Crippen LogP contribution in [-0.4, -0.2) is 10.5 Å². The molecule has 4 aromatic rings. The van der Waals surface area contributed by atoms with E-state index in [1.54, 1.807) is 18.2 Å². The van der Waals surface area contributed by atoms with Crippen LogP contribution in [0.4, 0.5) is 13.2 Å². The van der Waals surface area contributed by atoms with Crippen molar-refractivity contribution in [2.45, 2.75) is 19.9 Å². The number of benzene rings is 3. The van der Waals surface area contributed by atoms with Crippen LogP contribution < -0.4 is 5.73 Å². The molecule has 0 bridgehead atoms. The zero-order valence-corrected chi connectivity index (χ0v) is 15.0. The number of nitrogens with zero attached hydrogens (tertiary/aromatic N) is 1. The van der Waals surface area contributed by atoms with Crippen molar-refractivity contribution < 1.29 is 18.0 Å². The number of aromatic nitrogens is 1. The Morgan fingerprint density at radius 2 is 1.79 bits per heavy atom. The van der Waals surface area contributed by atoms with Gasteiger partial charge in [0.25, 0.3) is 0 Å². The standard InChI is InChI=1S/C22H16F3N2O/c1-2-12-6-7-14-19(10-12)27(11-13-8-16(23)21(25)17(24)9-13)18-5-3-4-15(20(14)18)22(26)28/h3-6,8-10H,2,11H2,1H3,(H2,26,28). The molecule has 2 N–H and O–H groups in total. The van der Waals surface area contributed by atoms with E-state index in [1.807, 2.05) is 23.6 Å². The molecule has 3 nitrogen and oxygen atoms in total. The molecule has 0 aliphatic rings. The van der Waals surface area contributed by atoms with Gasteiger partial charge in [0, 0.05) is 22.9 Å². The lowest BCUT2D eigenvalue weighted by atomic mass is 10.0. The van der Waals surface area contributed by atoms with Gasteiger partial charge < -0.3 is 10.3 Å². The average Bonchev–Trinajstić information content (AvgIpc) is 2.99. The van der Waals surface area contributed by atoms with Crippen LogP contribution in [0, 0.1) is 23.5 Å². The first-order valence-electron chi connectivity index (χ1n) is 8.79. The Bertz CT molecular complexity index is 1220. The molecule has 0 saturated heterocycles. The molecule has 1 amide bonds. The van der Waals surface area contributed by atoms with Gasteiger partial charge in [0.15, 0.2) is 17.5 Å². The third-order valence-corrected chi connectivity index (χ3v) is 4.91. The molecular weight excluding hydrogens is 365 g/mol. The molecule has 1 aromatic heterocycles. The minimum atomic E-state index is -1.50. The van der Waals surface area contributed by atoms with Gasteiger partial charge in [-0.3, -0.25) is 4.79 Å². The Balaban J connectivity index is 2.03. The number of fused-ring (bicyclic) bond motifs is 3. The number of nitrogens with two attached hydrogens (primary N) is 1. The van der Waals surface area contributed by atoms with Crippen LogP contribution >= 0.6 is 0 Å². The number of amides is 1. The minimum absolute atomic E-state index is 0.0946. The Kier molecular flexibility index (Phi) is 4.34. The summed E-state index contributed by atoms with van der Waals surface area (Å²) in [6.07, 6.45) is 0.774. The van der Waals surface area contributed by atoms with Gasteiger partial charge in [-0.1, -0.05) is 19.1 Å². The summed E-state index contributed by atoms with van der Waals surface area (Å²) >= 11 is 0. The van der Waals surface area contributed by atoms with Crippen LogP contribution in [-0.2, 0) is 13.0 Å². The van der Waals surface area contributed by atoms with Crippen molar-refractivity contribution in [3.63, 3.8) is 0 Å². The van der Waals surface area contributed by atoms with E-state index in [0.29, 0.717) is 21.9 Å². The molecule has 0 saturated carbocycles. The molecular formula is C22H16F3N2O. The molecule has 1 radical (unpaired) electrons. The van der Waals surface area contributed by atoms with E-state index in [-0.39, 0.29) is 12.1 Å². The molecule has 3 aromatic carbocycles. The SMILES string of the molecule is CCc1c[c]c2c3c(C(N)=O)cccc3n(Cc3cc(F)c(F)c(F)c3)c2c1. The molecule has 0 fully saturated rings. The lowest BCUT2D eigenvalue weighted by Crippen LogP contribution is -2.11. The predicted molar refractivity (Wildman–Crippen MR) is 102 cm³/mol. The summed E-state index contributed by atoms with van der Waals surface area (Å²) in [7, 11) is 0. The van der Waals surface area contributed by atoms with Crippen LogP contribution in [0.5, 0.6) is 0 Å². The summed E-state index contributed by atoms with van der Waals surface area (Å²) in [6.45, 7) is 2.10. The second-order valence-corrected chi connectivity index (χ2v) is 6.65. The first kappa shape index (κ1) is 18.1. The minimum Gasteiger partial charge on any atom is -0.366 e. The number of hydrogen-bond acceptors (Lipinski definition) is 1. The van der Waals surface area contributed by atoms with Crippen molar-refractivity contribution in [1.29, 1.82) is 0 Å². The zero-order chi connectivity index (χ0) is 20.0. The molecule has 141 valence electrons. The maximum absolute atomic E-state index is 13.7. The van der Waals surface area contributed by atoms with E-state index < -0.39 is 23.4 Å². The molecule has 28 heavy (non-hydrogen) atoms. The fourth-order valence-corrected chi connectivity index (χ4v) is 3.56. The van der Waals surface area contributed by atoms with Crippen LogP contribution in [0.25, 0.3) is 21.8 Å². The maximum Gasteiger partial charge on any atom is 0.249 e. The fraction of sp³-hybridized carbons (Fsp3) is 0.136. The number of rotatable bonds is 4. The highest BCUT2D eigenvalue weighted by Gasteiger charge is 2.18. The highest BCUT2D eigenvalue weighted by atomic mass is 19.2. The number of carbonyl (C=O) groups is 1. The molecule has 1 heterocycles. The first-order valence-corrected chi connectivity index (χ1v) is 8.79. The monoisotopic (exact) mass is 381 g/mol. The van der Waals surface area contributed by atoms with E-state index in [0.717, 1.165) is 29.6 Å². The number of primary amides is 1. The van der Waals surface area contributed by atoms with Gasteiger partial charge >= 0.3 is 0 Å². The molecule has 0 spiro atoms. The van der Waals surface area contributed by atoms with Crippen LogP contribution in [0.15, 0.2) is 42.5 Å². The van der Waals surface area contributed by atoms with E-state index in [9.17, 15) is 18.0 Å². The summed E-state index contributed by atoms with van der Waals surface area (Å²) in [5, 5.41) is 1.33. The van der Waals surface area contributed by atoms with Crippen molar-refractivity contribution in [3.8, 4) is 0 Å². The number of halogens is 3. The topological polar surface area (TPSA) is 48.0 Å². The predicted octanol–water partition coefficient (Wildman–Crippen LogP) is 4.72. The van der Waals surface area contributed by atoms with Gasteiger partial charge in [-0.15, -0.1) is 0 Å². The number of hydrogen-bond donors (Lipinski definition) is 1. The Morgan fingerprint density at radius 1 is 1.07 bits per heavy atom. The largest absolute Gasteiger partial charge is 0.366 e. The maximum atomic E-state index is 13.7. The first-order chi connectivity index (χ1) is 13.4. The molecule has 0 aliphatic carbocycles. The van der Waals surface area contributed by atoms with Crippen LogP contribution in [0.2, 0.25) is 0 Å². The van der Waals surface area contributed by atoms with Crippen LogP contribution in [0.1, 0.15) is 28.4 Å². The van der Waals surface area contributed by atoms with Gasteiger partial charge in [-0.25, -0.2) is 13.2 Å². The Morgan fingerprint density at radius 3 is 2.43 bits per heavy atom. The second-order valence-electron chi connectivity index (χ2n) is 6.65. The Hall–Kier alpha value is -3.28. The van der Waals surface area contributed by atoms with Gasteiger partial charge in [0.2, 0.25) is 5.91 Å². The van der Waals surface area contributed by atoms with Gasteiger partial charge in [-0.2, -0.15) is 0 Å². The van der Waals surface area contributed by atoms with E-state index in [1.165, 1.54) is 0 Å². The summed E-state index contributed by atoms with van der Waals surface area (Å²) in [6, 6.07) is 14.1. The Labute approximate surface area is 159 Å². The van der Waals surface area contributed by atoms with Gasteiger partial charge in [-0.05, 0) is 53.9 Å². The van der Waals surface area contributed by atoms with Crippen molar-refractivity contribution >= 4 is 27.7 Å². The lowest BCUT2D eigenvalue weighted by molar-refractivity contribution is 0.100. The molecule has 0 atom stereocenters. The average molecular weight is 381 g/mol. The zero-order valence-electron chi connectivity index (χ0n) is 15.0.